The third kappa shape index (κ3) is 4.01. The molecule has 0 atom stereocenters. The minimum atomic E-state index is -0.105. The Labute approximate surface area is 56.9 Å². The van der Waals surface area contributed by atoms with E-state index in [1.54, 1.807) is 6.21 Å². The monoisotopic (exact) mass is 129 g/mol. The van der Waals surface area contributed by atoms with Crippen LogP contribution in [-0.4, -0.2) is 11.8 Å². The second kappa shape index (κ2) is 3.49. The Balaban J connectivity index is 3.58. The first-order valence-electron chi connectivity index (χ1n) is 3.28. The van der Waals surface area contributed by atoms with Crippen LogP contribution in [0.1, 0.15) is 34.1 Å². The summed E-state index contributed by atoms with van der Waals surface area (Å²) in [6.45, 7) is 7.94. The van der Waals surface area contributed by atoms with E-state index in [9.17, 15) is 0 Å². The van der Waals surface area contributed by atoms with Crippen molar-refractivity contribution in [2.24, 2.45) is 5.16 Å². The quantitative estimate of drug-likeness (QED) is 0.423. The van der Waals surface area contributed by atoms with Crippen molar-refractivity contribution >= 4 is 6.21 Å². The van der Waals surface area contributed by atoms with Crippen LogP contribution in [0.4, 0.5) is 0 Å². The number of nitrogens with zero attached hydrogens (tertiary/aromatic N) is 1. The lowest BCUT2D eigenvalue weighted by atomic mass is 10.1. The molecule has 0 heterocycles. The molecule has 9 heavy (non-hydrogen) atoms. The van der Waals surface area contributed by atoms with Crippen molar-refractivity contribution in [2.75, 3.05) is 0 Å². The Hall–Kier alpha value is -0.530. The van der Waals surface area contributed by atoms with E-state index in [4.69, 9.17) is 4.84 Å². The molecule has 0 bridgehead atoms. The maximum absolute atomic E-state index is 5.10. The van der Waals surface area contributed by atoms with E-state index in [2.05, 4.69) is 12.1 Å². The number of oxime groups is 1. The highest BCUT2D eigenvalue weighted by Gasteiger charge is 2.14. The molecule has 0 N–H and O–H groups in total. The molecule has 0 radical (unpaired) electrons. The van der Waals surface area contributed by atoms with Gasteiger partial charge in [-0.05, 0) is 27.2 Å². The molecule has 54 valence electrons. The van der Waals surface area contributed by atoms with Crippen LogP contribution in [0, 0.1) is 0 Å². The van der Waals surface area contributed by atoms with Crippen molar-refractivity contribution < 1.29 is 4.84 Å². The van der Waals surface area contributed by atoms with Gasteiger partial charge in [-0.3, -0.25) is 0 Å². The first kappa shape index (κ1) is 8.47. The molecule has 0 aromatic rings. The van der Waals surface area contributed by atoms with Gasteiger partial charge in [-0.25, -0.2) is 0 Å². The van der Waals surface area contributed by atoms with Crippen LogP contribution in [-0.2, 0) is 4.84 Å². The van der Waals surface area contributed by atoms with Crippen molar-refractivity contribution in [3.8, 4) is 0 Å². The Bertz CT molecular complexity index is 97.1. The molecular weight excluding hydrogens is 114 g/mol. The van der Waals surface area contributed by atoms with E-state index in [1.165, 1.54) is 0 Å². The average molecular weight is 129 g/mol. The predicted molar refractivity (Wildman–Crippen MR) is 39.6 cm³/mol. The largest absolute Gasteiger partial charge is 0.390 e. The van der Waals surface area contributed by atoms with Crippen molar-refractivity contribution in [3.63, 3.8) is 0 Å². The first-order valence-corrected chi connectivity index (χ1v) is 3.28. The van der Waals surface area contributed by atoms with Crippen molar-refractivity contribution in [1.82, 2.24) is 0 Å². The van der Waals surface area contributed by atoms with Crippen LogP contribution in [0.25, 0.3) is 0 Å². The lowest BCUT2D eigenvalue weighted by Gasteiger charge is -2.18. The summed E-state index contributed by atoms with van der Waals surface area (Å²) >= 11 is 0. The van der Waals surface area contributed by atoms with Gasteiger partial charge >= 0.3 is 0 Å². The van der Waals surface area contributed by atoms with Gasteiger partial charge in [-0.1, -0.05) is 12.1 Å². The van der Waals surface area contributed by atoms with Crippen molar-refractivity contribution in [3.05, 3.63) is 0 Å². The summed E-state index contributed by atoms with van der Waals surface area (Å²) in [5.41, 5.74) is -0.105. The first-order chi connectivity index (χ1) is 4.12. The van der Waals surface area contributed by atoms with Crippen molar-refractivity contribution in [1.29, 1.82) is 0 Å². The minimum absolute atomic E-state index is 0.105. The van der Waals surface area contributed by atoms with Gasteiger partial charge in [0, 0.05) is 6.21 Å². The lowest BCUT2D eigenvalue weighted by molar-refractivity contribution is -0.0160. The van der Waals surface area contributed by atoms with Crippen LogP contribution in [0.15, 0.2) is 5.16 Å². The summed E-state index contributed by atoms with van der Waals surface area (Å²) in [5, 5.41) is 3.69. The summed E-state index contributed by atoms with van der Waals surface area (Å²) < 4.78 is 0. The van der Waals surface area contributed by atoms with Gasteiger partial charge in [0.05, 0.1) is 0 Å². The molecule has 0 spiro atoms. The van der Waals surface area contributed by atoms with Crippen LogP contribution in [0.2, 0.25) is 0 Å². The maximum atomic E-state index is 5.10. The average Bonchev–Trinajstić information content (AvgIpc) is 1.84. The summed E-state index contributed by atoms with van der Waals surface area (Å²) in [7, 11) is 0. The van der Waals surface area contributed by atoms with Gasteiger partial charge in [0.1, 0.15) is 5.60 Å². The zero-order valence-electron chi connectivity index (χ0n) is 6.64. The van der Waals surface area contributed by atoms with E-state index >= 15 is 0 Å². The minimum Gasteiger partial charge on any atom is -0.390 e. The molecule has 0 aromatic heterocycles. The maximum Gasteiger partial charge on any atom is 0.131 e. The number of rotatable bonds is 3. The molecule has 0 fully saturated rings. The molecule has 0 aromatic carbocycles. The number of hydrogen-bond acceptors (Lipinski definition) is 2. The molecule has 0 amide bonds. The van der Waals surface area contributed by atoms with Crippen LogP contribution >= 0.6 is 0 Å². The highest BCUT2D eigenvalue weighted by atomic mass is 16.6. The fourth-order valence-electron chi connectivity index (χ4n) is 0.260. The predicted octanol–water partition coefficient (Wildman–Crippen LogP) is 2.20. The van der Waals surface area contributed by atoms with Gasteiger partial charge in [-0.2, -0.15) is 0 Å². The van der Waals surface area contributed by atoms with Crippen LogP contribution in [0.5, 0.6) is 0 Å². The second-order valence-electron chi connectivity index (χ2n) is 2.57. The Morgan fingerprint density at radius 3 is 2.44 bits per heavy atom. The van der Waals surface area contributed by atoms with E-state index in [0.29, 0.717) is 0 Å². The van der Waals surface area contributed by atoms with E-state index < -0.39 is 0 Å². The molecule has 0 saturated carbocycles. The zero-order chi connectivity index (χ0) is 7.33. The van der Waals surface area contributed by atoms with Crippen LogP contribution in [0.3, 0.4) is 0 Å². The fraction of sp³-hybridized carbons (Fsp3) is 0.857. The van der Waals surface area contributed by atoms with E-state index in [-0.39, 0.29) is 5.60 Å². The Morgan fingerprint density at radius 1 is 1.56 bits per heavy atom. The molecule has 0 aliphatic heterocycles. The summed E-state index contributed by atoms with van der Waals surface area (Å²) in [6.07, 6.45) is 2.63. The topological polar surface area (TPSA) is 21.6 Å². The zero-order valence-corrected chi connectivity index (χ0v) is 6.64. The lowest BCUT2D eigenvalue weighted by Crippen LogP contribution is -2.19. The SMILES string of the molecule is CC=NOC(C)(C)CC. The van der Waals surface area contributed by atoms with Gasteiger partial charge in [0.2, 0.25) is 0 Å². The smallest absolute Gasteiger partial charge is 0.131 e. The molecule has 0 unspecified atom stereocenters. The normalized spacial score (nSPS) is 12.4. The van der Waals surface area contributed by atoms with E-state index in [1.807, 2.05) is 20.8 Å². The van der Waals surface area contributed by atoms with Gasteiger partial charge in [0.25, 0.3) is 0 Å². The Kier molecular flexibility index (Phi) is 3.28. The molecule has 2 nitrogen and oxygen atoms in total. The van der Waals surface area contributed by atoms with Crippen molar-refractivity contribution in [2.45, 2.75) is 39.7 Å². The molecular formula is C7H15NO. The molecule has 0 aliphatic rings. The van der Waals surface area contributed by atoms with Gasteiger partial charge in [-0.15, -0.1) is 0 Å². The van der Waals surface area contributed by atoms with Gasteiger partial charge in [0.15, 0.2) is 0 Å². The third-order valence-electron chi connectivity index (χ3n) is 1.26. The third-order valence-corrected chi connectivity index (χ3v) is 1.26. The highest BCUT2D eigenvalue weighted by molar-refractivity contribution is 5.52. The number of hydrogen-bond donors (Lipinski definition) is 0. The van der Waals surface area contributed by atoms with E-state index in [0.717, 1.165) is 6.42 Å². The molecule has 0 aliphatic carbocycles. The van der Waals surface area contributed by atoms with Gasteiger partial charge < -0.3 is 4.84 Å². The summed E-state index contributed by atoms with van der Waals surface area (Å²) in [4.78, 5) is 5.10. The fourth-order valence-corrected chi connectivity index (χ4v) is 0.260. The Morgan fingerprint density at radius 2 is 2.11 bits per heavy atom. The molecule has 2 heteroatoms. The summed E-state index contributed by atoms with van der Waals surface area (Å²) in [6, 6.07) is 0. The van der Waals surface area contributed by atoms with Crippen LogP contribution < -0.4 is 0 Å². The molecule has 0 rings (SSSR count). The highest BCUT2D eigenvalue weighted by Crippen LogP contribution is 2.12. The second-order valence-corrected chi connectivity index (χ2v) is 2.57. The molecule has 0 saturated heterocycles. The standard InChI is InChI=1S/C7H15NO/c1-5-7(3,4)9-8-6-2/h6H,5H2,1-4H3. The summed E-state index contributed by atoms with van der Waals surface area (Å²) in [5.74, 6) is 0.